The molecule has 3 aliphatic rings. The zero-order valence-corrected chi connectivity index (χ0v) is 36.8. The number of thiophene rings is 1. The number of carbonyl (C=O) groups excluding carboxylic acids is 4. The van der Waals surface area contributed by atoms with Crippen molar-refractivity contribution >= 4 is 45.4 Å². The van der Waals surface area contributed by atoms with Crippen molar-refractivity contribution in [2.45, 2.75) is 84.3 Å². The van der Waals surface area contributed by atoms with Crippen molar-refractivity contribution in [3.63, 3.8) is 0 Å². The molecule has 4 N–H and O–H groups in total. The monoisotopic (exact) mass is 848 g/mol. The van der Waals surface area contributed by atoms with Gasteiger partial charge in [0, 0.05) is 40.2 Å². The molecule has 4 amide bonds. The molecule has 5 atom stereocenters. The lowest BCUT2D eigenvalue weighted by molar-refractivity contribution is -0.140. The lowest BCUT2D eigenvalue weighted by Gasteiger charge is -2.40. The third-order valence-corrected chi connectivity index (χ3v) is 14.1. The van der Waals surface area contributed by atoms with Gasteiger partial charge in [-0.15, -0.1) is 11.3 Å². The molecule has 5 aromatic rings. The van der Waals surface area contributed by atoms with Gasteiger partial charge in [-0.1, -0.05) is 64.1 Å². The molecule has 2 bridgehead atoms. The van der Waals surface area contributed by atoms with Gasteiger partial charge in [0.25, 0.3) is 0 Å². The number of piperidine rings is 1. The maximum absolute atomic E-state index is 14.0. The largest absolute Gasteiger partial charge is 0.453 e. The Bertz CT molecular complexity index is 2440. The van der Waals surface area contributed by atoms with Crippen LogP contribution in [0.1, 0.15) is 82.4 Å². The van der Waals surface area contributed by atoms with E-state index in [-0.39, 0.29) is 42.2 Å². The number of fused-ring (bicyclic) bond motifs is 3. The molecule has 3 fully saturated rings. The number of aromatic amines is 2. The first-order valence-electron chi connectivity index (χ1n) is 21.3. The number of hydrogen-bond donors (Lipinski definition) is 4. The van der Waals surface area contributed by atoms with E-state index in [0.29, 0.717) is 19.0 Å². The average Bonchev–Trinajstić information content (AvgIpc) is 4.12. The maximum Gasteiger partial charge on any atom is 0.407 e. The molecule has 14 nitrogen and oxygen atoms in total. The zero-order valence-electron chi connectivity index (χ0n) is 36.0. The van der Waals surface area contributed by atoms with Crippen LogP contribution in [0.4, 0.5) is 9.59 Å². The number of nitrogens with one attached hydrogen (secondary N) is 4. The van der Waals surface area contributed by atoms with Crippen LogP contribution in [-0.4, -0.2) is 93.6 Å². The minimum atomic E-state index is -0.692. The van der Waals surface area contributed by atoms with E-state index in [0.717, 1.165) is 87.5 Å². The number of likely N-dealkylation sites (tertiary alicyclic amines) is 2. The van der Waals surface area contributed by atoms with Gasteiger partial charge in [-0.3, -0.25) is 9.59 Å². The fourth-order valence-corrected chi connectivity index (χ4v) is 10.8. The second kappa shape index (κ2) is 17.0. The number of hydrogen-bond acceptors (Lipinski definition) is 9. The number of carbonyl (C=O) groups is 4. The Balaban J connectivity index is 1.01. The Morgan fingerprint density at radius 2 is 1.61 bits per heavy atom. The summed E-state index contributed by atoms with van der Waals surface area (Å²) < 4.78 is 10.7. The summed E-state index contributed by atoms with van der Waals surface area (Å²) in [4.78, 5) is 73.8. The van der Waals surface area contributed by atoms with Gasteiger partial charge in [-0.25, -0.2) is 19.6 Å². The van der Waals surface area contributed by atoms with Gasteiger partial charge < -0.3 is 39.9 Å². The molecule has 322 valence electrons. The first kappa shape index (κ1) is 42.0. The van der Waals surface area contributed by atoms with Crippen LogP contribution in [0.3, 0.4) is 0 Å². The van der Waals surface area contributed by atoms with E-state index >= 15 is 0 Å². The van der Waals surface area contributed by atoms with Crippen molar-refractivity contribution in [3.05, 3.63) is 71.4 Å². The number of methoxy groups -OCH3 is 2. The first-order valence-corrected chi connectivity index (χ1v) is 22.2. The van der Waals surface area contributed by atoms with E-state index < -0.39 is 23.8 Å². The second-order valence-corrected chi connectivity index (χ2v) is 18.8. The number of alkyl carbamates (subject to hydrolysis) is 2. The van der Waals surface area contributed by atoms with Crippen molar-refractivity contribution in [1.29, 1.82) is 0 Å². The van der Waals surface area contributed by atoms with Gasteiger partial charge in [0.1, 0.15) is 23.2 Å². The number of aryl methyl sites for hydroxylation is 1. The lowest BCUT2D eigenvalue weighted by atomic mass is 9.93. The predicted molar refractivity (Wildman–Crippen MR) is 234 cm³/mol. The minimum absolute atomic E-state index is 0.0109. The molecule has 0 radical (unpaired) electrons. The highest BCUT2D eigenvalue weighted by atomic mass is 32.1. The highest BCUT2D eigenvalue weighted by molar-refractivity contribution is 7.19. The number of aromatic nitrogens is 4. The zero-order chi connectivity index (χ0) is 43.2. The fourth-order valence-electron chi connectivity index (χ4n) is 9.76. The first-order chi connectivity index (χ1) is 29.3. The molecule has 5 unspecified atom stereocenters. The third kappa shape index (κ3) is 7.88. The number of amides is 4. The van der Waals surface area contributed by atoms with Crippen molar-refractivity contribution in [3.8, 4) is 33.6 Å². The van der Waals surface area contributed by atoms with E-state index in [2.05, 4.69) is 70.0 Å². The molecule has 1 aliphatic carbocycles. The average molecular weight is 849 g/mol. The Kier molecular flexibility index (Phi) is 11.7. The van der Waals surface area contributed by atoms with Crippen LogP contribution in [-0.2, 0) is 24.6 Å². The molecule has 1 saturated carbocycles. The van der Waals surface area contributed by atoms with E-state index in [1.54, 1.807) is 11.3 Å². The molecule has 5 heterocycles. The quantitative estimate of drug-likeness (QED) is 0.0973. The van der Waals surface area contributed by atoms with Gasteiger partial charge >= 0.3 is 12.2 Å². The van der Waals surface area contributed by atoms with Crippen LogP contribution >= 0.6 is 11.3 Å². The second-order valence-electron chi connectivity index (χ2n) is 17.5. The summed E-state index contributed by atoms with van der Waals surface area (Å²) in [6.45, 7) is 11.5. The predicted octanol–water partition coefficient (Wildman–Crippen LogP) is 8.17. The fraction of sp³-hybridized carbons (Fsp3) is 0.478. The highest BCUT2D eigenvalue weighted by Gasteiger charge is 2.56. The van der Waals surface area contributed by atoms with Gasteiger partial charge in [-0.2, -0.15) is 0 Å². The van der Waals surface area contributed by atoms with E-state index in [1.807, 2.05) is 49.9 Å². The van der Waals surface area contributed by atoms with Gasteiger partial charge in [0.05, 0.1) is 50.0 Å². The van der Waals surface area contributed by atoms with E-state index in [9.17, 15) is 19.2 Å². The summed E-state index contributed by atoms with van der Waals surface area (Å²) in [5, 5.41) is 6.64. The molecule has 8 rings (SSSR count). The molecular formula is C46H56N8O6S. The summed E-state index contributed by atoms with van der Waals surface area (Å²) in [6.07, 6.45) is 6.95. The van der Waals surface area contributed by atoms with Crippen molar-refractivity contribution in [1.82, 2.24) is 40.4 Å². The smallest absolute Gasteiger partial charge is 0.407 e. The Labute approximate surface area is 360 Å². The van der Waals surface area contributed by atoms with Crippen LogP contribution in [0.25, 0.3) is 43.7 Å². The lowest BCUT2D eigenvalue weighted by Crippen LogP contribution is -2.56. The Morgan fingerprint density at radius 1 is 0.885 bits per heavy atom. The molecule has 0 spiro atoms. The summed E-state index contributed by atoms with van der Waals surface area (Å²) in [5.41, 5.74) is 5.52. The van der Waals surface area contributed by atoms with E-state index in [4.69, 9.17) is 19.4 Å². The SMILES string of the molecule is COC(=O)NCC(C(=O)N1CCCC1c1ncc(-c2ccc(-c3ccc(-c4cnc(C56CCC(CN5C(=O)C(NC(=O)OC)C(C)C)C6)[nH]4)cc3)c3cc(C)sc23)[nH]1)C(C)C. The van der Waals surface area contributed by atoms with Crippen LogP contribution in [0.15, 0.2) is 54.9 Å². The number of rotatable bonds is 12. The van der Waals surface area contributed by atoms with E-state index in [1.165, 1.54) is 19.1 Å². The summed E-state index contributed by atoms with van der Waals surface area (Å²) in [6, 6.07) is 14.2. The number of nitrogens with zero attached hydrogens (tertiary/aromatic N) is 4. The standard InChI is InChI=1S/C46H56N8O6S/c1-25(2)34(21-49-44(57)59-6)41(55)53-18-8-9-37(53)40-47-23-36(50-40)32-15-14-31(33-19-27(5)61-39(32)33)29-10-12-30(13-11-29)35-22-48-43(51-35)46-17-16-28(20-46)24-54(46)42(56)38(26(3)4)52-45(58)60-7/h10-15,19,22-23,25-26,28,34,37-38H,8-9,16-18,20-21,24H2,1-7H3,(H,47,50)(H,48,51)(H,49,57)(H,52,58). The molecule has 2 saturated heterocycles. The molecule has 3 aromatic heterocycles. The minimum Gasteiger partial charge on any atom is -0.453 e. The maximum atomic E-state index is 14.0. The Hall–Kier alpha value is -5.70. The highest BCUT2D eigenvalue weighted by Crippen LogP contribution is 2.52. The molecule has 2 aromatic carbocycles. The van der Waals surface area contributed by atoms with Gasteiger partial charge in [-0.05, 0) is 79.5 Å². The number of H-pyrrole nitrogens is 2. The number of ether oxygens (including phenoxy) is 2. The molecule has 15 heteroatoms. The summed E-state index contributed by atoms with van der Waals surface area (Å²) in [7, 11) is 2.63. The Morgan fingerprint density at radius 3 is 2.31 bits per heavy atom. The van der Waals surface area contributed by atoms with Crippen LogP contribution < -0.4 is 10.6 Å². The third-order valence-electron chi connectivity index (χ3n) is 13.0. The number of benzene rings is 2. The number of imidazole rings is 2. The van der Waals surface area contributed by atoms with Gasteiger partial charge in [0.15, 0.2) is 0 Å². The van der Waals surface area contributed by atoms with Crippen LogP contribution in [0, 0.1) is 30.6 Å². The molecular weight excluding hydrogens is 793 g/mol. The summed E-state index contributed by atoms with van der Waals surface area (Å²) in [5.74, 6) is 1.40. The van der Waals surface area contributed by atoms with Crippen molar-refractivity contribution in [2.75, 3.05) is 33.9 Å². The topological polar surface area (TPSA) is 175 Å². The molecule has 61 heavy (non-hydrogen) atoms. The van der Waals surface area contributed by atoms with Gasteiger partial charge in [0.2, 0.25) is 11.8 Å². The van der Waals surface area contributed by atoms with Crippen LogP contribution in [0.5, 0.6) is 0 Å². The van der Waals surface area contributed by atoms with Crippen molar-refractivity contribution < 1.29 is 28.7 Å². The molecule has 2 aliphatic heterocycles. The van der Waals surface area contributed by atoms with Crippen molar-refractivity contribution in [2.24, 2.45) is 23.7 Å². The summed E-state index contributed by atoms with van der Waals surface area (Å²) >= 11 is 1.75. The normalized spacial score (nSPS) is 20.7. The van der Waals surface area contributed by atoms with Crippen LogP contribution in [0.2, 0.25) is 0 Å².